The number of fused-ring (bicyclic) bond motifs is 1. The van der Waals surface area contributed by atoms with E-state index in [1.54, 1.807) is 11.1 Å². The average Bonchev–Trinajstić information content (AvgIpc) is 3.36. The van der Waals surface area contributed by atoms with Crippen LogP contribution >= 0.6 is 0 Å². The first-order chi connectivity index (χ1) is 34.0. The van der Waals surface area contributed by atoms with Crippen LogP contribution in [0.4, 0.5) is 11.4 Å². The molecule has 2 heteroatoms. The Balaban J connectivity index is 0.831. The summed E-state index contributed by atoms with van der Waals surface area (Å²) in [5.41, 5.74) is 24.9. The number of benzene rings is 8. The zero-order valence-corrected chi connectivity index (χ0v) is 42.2. The molecule has 5 aliphatic carbocycles. The van der Waals surface area contributed by atoms with E-state index in [4.69, 9.17) is 0 Å². The largest absolute Gasteiger partial charge is 0.314 e. The van der Waals surface area contributed by atoms with E-state index in [1.807, 2.05) is 0 Å². The molecule has 70 heavy (non-hydrogen) atoms. The van der Waals surface area contributed by atoms with Crippen molar-refractivity contribution in [2.75, 3.05) is 4.90 Å². The van der Waals surface area contributed by atoms with Crippen LogP contribution in [0, 0.1) is 53.4 Å². The van der Waals surface area contributed by atoms with E-state index in [-0.39, 0.29) is 17.5 Å². The standard InChI is InChI=1S/C68H66BN/c1-45-32-47(3)65(48(4)33-45)69(66-49(5)34-46(2)35-50(66)6)61-19-13-18-57(38-61)56-17-12-16-55(37-56)54-22-25-59(26-23-54)67-40-51-36-52(41-67)43-68(42-51,44-67)60-27-30-63(31-28-60)70(62-20-8-7-9-21-62)64-29-24-53-14-10-11-15-58(53)39-64/h7-8,10-20,22-35,37-39,51-52H,9,21,36,40-44H2,1-6H3. The lowest BCUT2D eigenvalue weighted by Crippen LogP contribution is -2.55. The van der Waals surface area contributed by atoms with E-state index >= 15 is 0 Å². The number of allylic oxidation sites excluding steroid dienone is 4. The van der Waals surface area contributed by atoms with Crippen LogP contribution in [0.2, 0.25) is 0 Å². The molecule has 4 fully saturated rings. The van der Waals surface area contributed by atoms with Gasteiger partial charge in [0.1, 0.15) is 0 Å². The van der Waals surface area contributed by atoms with Crippen molar-refractivity contribution in [2.45, 2.75) is 104 Å². The second-order valence-corrected chi connectivity index (χ2v) is 22.4. The van der Waals surface area contributed by atoms with Crippen molar-refractivity contribution in [3.8, 4) is 22.3 Å². The van der Waals surface area contributed by atoms with Crippen LogP contribution in [-0.2, 0) is 10.8 Å². The number of hydrogen-bond acceptors (Lipinski definition) is 1. The molecule has 0 aromatic heterocycles. The third-order valence-electron chi connectivity index (χ3n) is 17.4. The first-order valence-corrected chi connectivity index (χ1v) is 26.2. The summed E-state index contributed by atoms with van der Waals surface area (Å²) in [6, 6.07) is 63.6. The van der Waals surface area contributed by atoms with E-state index < -0.39 is 0 Å². The van der Waals surface area contributed by atoms with E-state index in [9.17, 15) is 0 Å². The number of aryl methyl sites for hydroxylation is 6. The van der Waals surface area contributed by atoms with E-state index in [1.165, 1.54) is 138 Å². The smallest absolute Gasteiger partial charge is 0.242 e. The summed E-state index contributed by atoms with van der Waals surface area (Å²) in [7, 11) is 0. The van der Waals surface area contributed by atoms with E-state index in [2.05, 4.69) is 228 Å². The maximum absolute atomic E-state index is 2.52. The fourth-order valence-electron chi connectivity index (χ4n) is 15.0. The number of nitrogens with zero attached hydrogens (tertiary/aromatic N) is 1. The van der Waals surface area contributed by atoms with Gasteiger partial charge in [-0.2, -0.15) is 0 Å². The molecular formula is C68H66BN. The molecule has 0 heterocycles. The highest BCUT2D eigenvalue weighted by Crippen LogP contribution is 2.66. The predicted octanol–water partition coefficient (Wildman–Crippen LogP) is 15.7. The molecular weight excluding hydrogens is 842 g/mol. The van der Waals surface area contributed by atoms with Crippen LogP contribution in [-0.4, -0.2) is 6.71 Å². The third-order valence-corrected chi connectivity index (χ3v) is 17.4. The zero-order chi connectivity index (χ0) is 47.7. The predicted molar refractivity (Wildman–Crippen MR) is 300 cm³/mol. The van der Waals surface area contributed by atoms with Crippen LogP contribution < -0.4 is 21.3 Å². The van der Waals surface area contributed by atoms with Crippen molar-refractivity contribution in [3.05, 3.63) is 232 Å². The number of hydrogen-bond donors (Lipinski definition) is 0. The van der Waals surface area contributed by atoms with Gasteiger partial charge in [0.25, 0.3) is 0 Å². The van der Waals surface area contributed by atoms with Gasteiger partial charge in [0.15, 0.2) is 0 Å². The molecule has 8 aromatic carbocycles. The lowest BCUT2D eigenvalue weighted by molar-refractivity contribution is -0.0281. The minimum atomic E-state index is 0.147. The van der Waals surface area contributed by atoms with Crippen LogP contribution in [0.1, 0.15) is 95.9 Å². The monoisotopic (exact) mass is 908 g/mol. The number of rotatable bonds is 10. The van der Waals surface area contributed by atoms with Gasteiger partial charge in [-0.1, -0.05) is 195 Å². The first kappa shape index (κ1) is 44.6. The molecule has 0 amide bonds. The Morgan fingerprint density at radius 1 is 0.471 bits per heavy atom. The lowest BCUT2D eigenvalue weighted by Gasteiger charge is -2.63. The van der Waals surface area contributed by atoms with Crippen molar-refractivity contribution in [1.29, 1.82) is 0 Å². The number of anilines is 2. The average molecular weight is 908 g/mol. The summed E-state index contributed by atoms with van der Waals surface area (Å²) >= 11 is 0. The summed E-state index contributed by atoms with van der Waals surface area (Å²) in [4.78, 5) is 2.51. The molecule has 0 aliphatic heterocycles. The highest BCUT2D eigenvalue weighted by atomic mass is 15.1. The summed E-state index contributed by atoms with van der Waals surface area (Å²) in [5, 5.41) is 2.57. The molecule has 0 saturated heterocycles. The van der Waals surface area contributed by atoms with Gasteiger partial charge in [-0.05, 0) is 196 Å². The van der Waals surface area contributed by atoms with Crippen LogP contribution in [0.5, 0.6) is 0 Å². The maximum atomic E-state index is 2.52. The fraction of sp³-hybridized carbons (Fsp3) is 0.265. The second kappa shape index (κ2) is 17.6. The van der Waals surface area contributed by atoms with Crippen LogP contribution in [0.15, 0.2) is 188 Å². The molecule has 2 unspecified atom stereocenters. The zero-order valence-electron chi connectivity index (χ0n) is 42.2. The normalized spacial score (nSPS) is 21.3. The molecule has 1 nitrogen and oxygen atoms in total. The Morgan fingerprint density at radius 3 is 1.59 bits per heavy atom. The van der Waals surface area contributed by atoms with E-state index in [0.29, 0.717) is 0 Å². The molecule has 0 spiro atoms. The van der Waals surface area contributed by atoms with Gasteiger partial charge < -0.3 is 4.90 Å². The van der Waals surface area contributed by atoms with Gasteiger partial charge in [-0.25, -0.2) is 0 Å². The van der Waals surface area contributed by atoms with Crippen molar-refractivity contribution in [2.24, 2.45) is 11.8 Å². The molecule has 8 aromatic rings. The Hall–Kier alpha value is -6.64. The topological polar surface area (TPSA) is 3.24 Å². The Bertz CT molecular complexity index is 3250. The van der Waals surface area contributed by atoms with Crippen molar-refractivity contribution in [1.82, 2.24) is 0 Å². The van der Waals surface area contributed by atoms with E-state index in [0.717, 1.165) is 24.7 Å². The van der Waals surface area contributed by atoms with Crippen molar-refractivity contribution < 1.29 is 0 Å². The molecule has 0 N–H and O–H groups in total. The van der Waals surface area contributed by atoms with Gasteiger partial charge in [-0.15, -0.1) is 0 Å². The van der Waals surface area contributed by atoms with Crippen molar-refractivity contribution >= 4 is 45.2 Å². The molecule has 4 saturated carbocycles. The molecule has 5 aliphatic rings. The molecule has 346 valence electrons. The Kier molecular flexibility index (Phi) is 11.2. The second-order valence-electron chi connectivity index (χ2n) is 22.4. The van der Waals surface area contributed by atoms with Crippen LogP contribution in [0.3, 0.4) is 0 Å². The van der Waals surface area contributed by atoms with Crippen LogP contribution in [0.25, 0.3) is 33.0 Å². The maximum Gasteiger partial charge on any atom is 0.242 e. The third kappa shape index (κ3) is 7.98. The first-order valence-electron chi connectivity index (χ1n) is 26.2. The molecule has 0 radical (unpaired) electrons. The highest BCUT2D eigenvalue weighted by Gasteiger charge is 2.58. The van der Waals surface area contributed by atoms with Gasteiger partial charge in [0.05, 0.1) is 0 Å². The van der Waals surface area contributed by atoms with Gasteiger partial charge >= 0.3 is 0 Å². The lowest BCUT2D eigenvalue weighted by atomic mass is 9.34. The van der Waals surface area contributed by atoms with Gasteiger partial charge in [-0.3, -0.25) is 0 Å². The fourth-order valence-corrected chi connectivity index (χ4v) is 15.0. The quantitative estimate of drug-likeness (QED) is 0.124. The van der Waals surface area contributed by atoms with Gasteiger partial charge in [0.2, 0.25) is 6.71 Å². The molecule has 13 rings (SSSR count). The molecule has 2 atom stereocenters. The highest BCUT2D eigenvalue weighted by molar-refractivity contribution is 6.96. The Morgan fingerprint density at radius 2 is 1.00 bits per heavy atom. The summed E-state index contributed by atoms with van der Waals surface area (Å²) in [5.74, 6) is 1.58. The summed E-state index contributed by atoms with van der Waals surface area (Å²) in [6.45, 7) is 13.8. The summed E-state index contributed by atoms with van der Waals surface area (Å²) in [6.07, 6.45) is 16.9. The van der Waals surface area contributed by atoms with Crippen molar-refractivity contribution in [3.63, 3.8) is 0 Å². The van der Waals surface area contributed by atoms with Gasteiger partial charge in [0, 0.05) is 17.1 Å². The SMILES string of the molecule is Cc1cc(C)c(B(c2cccc(-c3cccc(-c4ccc(C56CC7CC(C5)CC(c5ccc(N(C8=CC=CCC8)c8ccc9ccccc9c8)cc5)(C7)C6)cc4)c3)c2)c2c(C)cc(C)cc2C)c(C)c1. The Labute approximate surface area is 418 Å². The minimum Gasteiger partial charge on any atom is -0.314 e. The molecule has 4 bridgehead atoms. The summed E-state index contributed by atoms with van der Waals surface area (Å²) < 4.78 is 0. The minimum absolute atomic E-state index is 0.147.